The Hall–Kier alpha value is -1.04. The molecule has 7 heteroatoms. The normalized spacial score (nSPS) is 14.7. The van der Waals surface area contributed by atoms with Crippen LogP contribution in [0.1, 0.15) is 27.7 Å². The van der Waals surface area contributed by atoms with E-state index in [9.17, 15) is 9.18 Å². The monoisotopic (exact) mass is 353 g/mol. The molecule has 0 saturated heterocycles. The second kappa shape index (κ2) is 9.18. The number of hydrogen-bond donors (Lipinski definition) is 1. The van der Waals surface area contributed by atoms with E-state index >= 15 is 0 Å². The zero-order chi connectivity index (χ0) is 16.2. The predicted octanol–water partition coefficient (Wildman–Crippen LogP) is 3.58. The summed E-state index contributed by atoms with van der Waals surface area (Å²) in [6, 6.07) is 3.22. The maximum Gasteiger partial charge on any atom is 0.323 e. The van der Waals surface area contributed by atoms with Crippen molar-refractivity contribution in [1.29, 1.82) is 0 Å². The van der Waals surface area contributed by atoms with Gasteiger partial charge in [0.05, 0.1) is 0 Å². The summed E-state index contributed by atoms with van der Waals surface area (Å²) in [6.07, 6.45) is -0.962. The predicted molar refractivity (Wildman–Crippen MR) is 87.1 cm³/mol. The van der Waals surface area contributed by atoms with Gasteiger partial charge in [0.1, 0.15) is 29.8 Å². The summed E-state index contributed by atoms with van der Waals surface area (Å²) in [5.41, 5.74) is 5.49. The Labute approximate surface area is 141 Å². The van der Waals surface area contributed by atoms with Gasteiger partial charge in [0.15, 0.2) is 0 Å². The molecule has 0 aliphatic rings. The number of carbonyl (C=O) groups is 1. The van der Waals surface area contributed by atoms with Crippen LogP contribution in [0.4, 0.5) is 4.39 Å². The van der Waals surface area contributed by atoms with Crippen molar-refractivity contribution < 1.29 is 18.7 Å². The lowest BCUT2D eigenvalue weighted by Gasteiger charge is -2.28. The van der Waals surface area contributed by atoms with Gasteiger partial charge in [0, 0.05) is 11.1 Å². The summed E-state index contributed by atoms with van der Waals surface area (Å²) < 4.78 is 24.3. The molecule has 4 nitrogen and oxygen atoms in total. The molecule has 0 aromatic heterocycles. The lowest BCUT2D eigenvalue weighted by Crippen LogP contribution is -2.41. The van der Waals surface area contributed by atoms with Gasteiger partial charge in [-0.3, -0.25) is 4.79 Å². The minimum atomic E-state index is -0.706. The van der Waals surface area contributed by atoms with Gasteiger partial charge in [-0.1, -0.05) is 25.4 Å². The fraction of sp³-hybridized carbons (Fsp3) is 0.533. The first kappa shape index (κ1) is 21.0. The Balaban J connectivity index is 0.00000441. The molecule has 1 aromatic rings. The van der Waals surface area contributed by atoms with E-state index in [1.165, 1.54) is 18.2 Å². The molecular weight excluding hydrogens is 332 g/mol. The van der Waals surface area contributed by atoms with E-state index < -0.39 is 30.0 Å². The number of hydrogen-bond acceptors (Lipinski definition) is 4. The molecule has 0 spiro atoms. The minimum absolute atomic E-state index is 0. The second-order valence-corrected chi connectivity index (χ2v) is 5.80. The molecular formula is C15H22Cl2FNO3. The summed E-state index contributed by atoms with van der Waals surface area (Å²) in [4.78, 5) is 11.6. The molecule has 0 fully saturated rings. The molecule has 0 heterocycles. The van der Waals surface area contributed by atoms with Crippen molar-refractivity contribution in [2.24, 2.45) is 11.7 Å². The van der Waals surface area contributed by atoms with Crippen molar-refractivity contribution in [3.8, 4) is 5.75 Å². The number of halogens is 3. The van der Waals surface area contributed by atoms with E-state index in [0.29, 0.717) is 0 Å². The van der Waals surface area contributed by atoms with Crippen molar-refractivity contribution in [2.45, 2.75) is 45.9 Å². The highest BCUT2D eigenvalue weighted by Gasteiger charge is 2.27. The van der Waals surface area contributed by atoms with E-state index in [0.717, 1.165) is 0 Å². The zero-order valence-corrected chi connectivity index (χ0v) is 14.6. The average Bonchev–Trinajstić information content (AvgIpc) is 2.33. The third kappa shape index (κ3) is 6.38. The lowest BCUT2D eigenvalue weighted by molar-refractivity contribution is -0.157. The summed E-state index contributed by atoms with van der Waals surface area (Å²) in [5.74, 6) is -0.679. The van der Waals surface area contributed by atoms with Crippen LogP contribution in [0.25, 0.3) is 0 Å². The van der Waals surface area contributed by atoms with E-state index in [2.05, 4.69) is 0 Å². The molecule has 0 aliphatic heterocycles. The summed E-state index contributed by atoms with van der Waals surface area (Å²) in [7, 11) is 0. The first-order chi connectivity index (χ1) is 9.70. The van der Waals surface area contributed by atoms with Crippen molar-refractivity contribution in [2.75, 3.05) is 0 Å². The molecule has 1 aromatic carbocycles. The van der Waals surface area contributed by atoms with Gasteiger partial charge < -0.3 is 15.2 Å². The quantitative estimate of drug-likeness (QED) is 0.794. The van der Waals surface area contributed by atoms with Gasteiger partial charge in [-0.05, 0) is 31.9 Å². The summed E-state index contributed by atoms with van der Waals surface area (Å²) in [5, 5.41) is 0.242. The van der Waals surface area contributed by atoms with Gasteiger partial charge >= 0.3 is 5.97 Å². The van der Waals surface area contributed by atoms with Crippen LogP contribution in [0.5, 0.6) is 5.75 Å². The molecule has 22 heavy (non-hydrogen) atoms. The van der Waals surface area contributed by atoms with Crippen LogP contribution in [0.2, 0.25) is 5.02 Å². The topological polar surface area (TPSA) is 61.6 Å². The molecule has 0 amide bonds. The van der Waals surface area contributed by atoms with E-state index in [1.807, 2.05) is 13.8 Å². The first-order valence-electron chi connectivity index (χ1n) is 6.79. The zero-order valence-electron chi connectivity index (χ0n) is 13.0. The SMILES string of the molecule is CC(N)C(=O)OC(C(C)C)C(C)Oc1cc(F)cc(Cl)c1.Cl. The standard InChI is InChI=1S/C15H21ClFNO3.ClH/c1-8(2)14(21-15(19)9(3)18)10(4)20-13-6-11(16)5-12(17)7-13;/h5-10,14H,18H2,1-4H3;1H. The molecule has 0 bridgehead atoms. The number of rotatable bonds is 6. The van der Waals surface area contributed by atoms with Gasteiger partial charge in [-0.2, -0.15) is 0 Å². The highest BCUT2D eigenvalue weighted by molar-refractivity contribution is 6.30. The Kier molecular flexibility index (Phi) is 8.74. The largest absolute Gasteiger partial charge is 0.487 e. The molecule has 0 radical (unpaired) electrons. The van der Waals surface area contributed by atoms with Crippen LogP contribution in [-0.2, 0) is 9.53 Å². The maximum atomic E-state index is 13.3. The van der Waals surface area contributed by atoms with Crippen molar-refractivity contribution in [3.05, 3.63) is 29.0 Å². The lowest BCUT2D eigenvalue weighted by atomic mass is 10.0. The van der Waals surface area contributed by atoms with Crippen molar-refractivity contribution >= 4 is 30.0 Å². The van der Waals surface area contributed by atoms with Gasteiger partial charge in [0.2, 0.25) is 0 Å². The average molecular weight is 354 g/mol. The number of esters is 1. The highest BCUT2D eigenvalue weighted by atomic mass is 35.5. The number of nitrogens with two attached hydrogens (primary N) is 1. The third-order valence-corrected chi connectivity index (χ3v) is 3.12. The fourth-order valence-corrected chi connectivity index (χ4v) is 2.11. The maximum absolute atomic E-state index is 13.3. The fourth-order valence-electron chi connectivity index (χ4n) is 1.89. The third-order valence-electron chi connectivity index (χ3n) is 2.90. The van der Waals surface area contributed by atoms with Crippen molar-refractivity contribution in [3.63, 3.8) is 0 Å². The molecule has 1 rings (SSSR count). The van der Waals surface area contributed by atoms with Gasteiger partial charge in [-0.15, -0.1) is 12.4 Å². The molecule has 2 N–H and O–H groups in total. The summed E-state index contributed by atoms with van der Waals surface area (Å²) in [6.45, 7) is 7.10. The molecule has 126 valence electrons. The molecule has 0 aliphatic carbocycles. The van der Waals surface area contributed by atoms with Crippen LogP contribution >= 0.6 is 24.0 Å². The highest BCUT2D eigenvalue weighted by Crippen LogP contribution is 2.23. The number of benzene rings is 1. The second-order valence-electron chi connectivity index (χ2n) is 5.36. The Morgan fingerprint density at radius 1 is 1.23 bits per heavy atom. The van der Waals surface area contributed by atoms with Crippen molar-refractivity contribution in [1.82, 2.24) is 0 Å². The van der Waals surface area contributed by atoms with Crippen LogP contribution in [-0.4, -0.2) is 24.2 Å². The van der Waals surface area contributed by atoms with Crippen LogP contribution in [0, 0.1) is 11.7 Å². The Morgan fingerprint density at radius 2 is 1.82 bits per heavy atom. The van der Waals surface area contributed by atoms with E-state index in [4.69, 9.17) is 26.8 Å². The van der Waals surface area contributed by atoms with Gasteiger partial charge in [-0.25, -0.2) is 4.39 Å². The minimum Gasteiger partial charge on any atom is -0.487 e. The molecule has 3 unspecified atom stereocenters. The smallest absolute Gasteiger partial charge is 0.323 e. The van der Waals surface area contributed by atoms with Gasteiger partial charge in [0.25, 0.3) is 0 Å². The Bertz CT molecular complexity index is 477. The Morgan fingerprint density at radius 3 is 2.27 bits per heavy atom. The molecule has 0 saturated carbocycles. The molecule has 3 atom stereocenters. The van der Waals surface area contributed by atoms with Crippen LogP contribution < -0.4 is 10.5 Å². The van der Waals surface area contributed by atoms with Crippen LogP contribution in [0.3, 0.4) is 0 Å². The number of ether oxygens (including phenoxy) is 2. The summed E-state index contributed by atoms with van der Waals surface area (Å²) >= 11 is 5.78. The van der Waals surface area contributed by atoms with E-state index in [-0.39, 0.29) is 29.1 Å². The number of carbonyl (C=O) groups excluding carboxylic acids is 1. The first-order valence-corrected chi connectivity index (χ1v) is 7.17. The van der Waals surface area contributed by atoms with Crippen LogP contribution in [0.15, 0.2) is 18.2 Å². The van der Waals surface area contributed by atoms with E-state index in [1.54, 1.807) is 13.8 Å².